The second kappa shape index (κ2) is 5.27. The van der Waals surface area contributed by atoms with Crippen molar-refractivity contribution in [1.82, 2.24) is 9.97 Å². The van der Waals surface area contributed by atoms with E-state index >= 15 is 0 Å². The molecule has 0 fully saturated rings. The first-order valence-electron chi connectivity index (χ1n) is 4.74. The van der Waals surface area contributed by atoms with Crippen LogP contribution in [-0.2, 0) is 6.54 Å². The molecule has 2 N–H and O–H groups in total. The zero-order valence-corrected chi connectivity index (χ0v) is 11.1. The quantitative estimate of drug-likeness (QED) is 0.911. The molecule has 6 heteroatoms. The summed E-state index contributed by atoms with van der Waals surface area (Å²) in [5.41, 5.74) is 1.25. The van der Waals surface area contributed by atoms with E-state index in [4.69, 9.17) is 0 Å². The highest BCUT2D eigenvalue weighted by molar-refractivity contribution is 9.10. The molecule has 0 saturated carbocycles. The van der Waals surface area contributed by atoms with E-state index in [0.29, 0.717) is 0 Å². The van der Waals surface area contributed by atoms with Crippen LogP contribution in [-0.4, -0.2) is 17.0 Å². The van der Waals surface area contributed by atoms with Crippen LogP contribution < -0.4 is 10.6 Å². The molecule has 2 aromatic rings. The molecule has 2 rings (SSSR count). The van der Waals surface area contributed by atoms with Crippen LogP contribution in [0.4, 0.5) is 11.6 Å². The lowest BCUT2D eigenvalue weighted by molar-refractivity contribution is 1.07. The summed E-state index contributed by atoms with van der Waals surface area (Å²) in [7, 11) is 1.83. The number of hydrogen-bond donors (Lipinski definition) is 2. The summed E-state index contributed by atoms with van der Waals surface area (Å²) in [5, 5.41) is 10.4. The average Bonchev–Trinajstić information content (AvgIpc) is 2.81. The van der Waals surface area contributed by atoms with Crippen molar-refractivity contribution >= 4 is 38.9 Å². The Morgan fingerprint density at radius 3 is 2.88 bits per heavy atom. The molecule has 2 heterocycles. The van der Waals surface area contributed by atoms with Gasteiger partial charge in [0.15, 0.2) is 0 Å². The van der Waals surface area contributed by atoms with Gasteiger partial charge < -0.3 is 10.6 Å². The molecule has 0 bridgehead atoms. The number of hydrogen-bond acceptors (Lipinski definition) is 5. The maximum absolute atomic E-state index is 4.18. The van der Waals surface area contributed by atoms with E-state index in [9.17, 15) is 0 Å². The van der Waals surface area contributed by atoms with E-state index in [1.54, 1.807) is 11.3 Å². The molecule has 2 aromatic heterocycles. The van der Waals surface area contributed by atoms with E-state index < -0.39 is 0 Å². The number of nitrogens with zero attached hydrogens (tertiary/aromatic N) is 2. The van der Waals surface area contributed by atoms with Crippen molar-refractivity contribution in [1.29, 1.82) is 0 Å². The molecular formula is C10H11BrN4S. The predicted molar refractivity (Wildman–Crippen MR) is 70.9 cm³/mol. The Hall–Kier alpha value is -1.14. The molecule has 0 aliphatic rings. The number of halogens is 1. The number of nitrogens with one attached hydrogen (secondary N) is 2. The minimum atomic E-state index is 0.766. The van der Waals surface area contributed by atoms with Gasteiger partial charge in [0.1, 0.15) is 22.4 Å². The highest BCUT2D eigenvalue weighted by Gasteiger charge is 2.06. The van der Waals surface area contributed by atoms with Gasteiger partial charge in [0.05, 0.1) is 0 Å². The van der Waals surface area contributed by atoms with Gasteiger partial charge in [-0.1, -0.05) is 0 Å². The Balaban J connectivity index is 2.09. The SMILES string of the molecule is CNc1ncnc(NCc2ccsc2)c1Br. The van der Waals surface area contributed by atoms with E-state index in [0.717, 1.165) is 22.7 Å². The first-order valence-corrected chi connectivity index (χ1v) is 6.48. The smallest absolute Gasteiger partial charge is 0.146 e. The van der Waals surface area contributed by atoms with Gasteiger partial charge in [-0.15, -0.1) is 0 Å². The zero-order valence-electron chi connectivity index (χ0n) is 8.70. The minimum Gasteiger partial charge on any atom is -0.372 e. The monoisotopic (exact) mass is 298 g/mol. The molecule has 84 valence electrons. The van der Waals surface area contributed by atoms with E-state index in [1.807, 2.05) is 7.05 Å². The summed E-state index contributed by atoms with van der Waals surface area (Å²) in [6.45, 7) is 0.766. The second-order valence-corrected chi connectivity index (χ2v) is 4.69. The minimum absolute atomic E-state index is 0.766. The normalized spacial score (nSPS) is 10.1. The maximum Gasteiger partial charge on any atom is 0.146 e. The van der Waals surface area contributed by atoms with Gasteiger partial charge in [-0.25, -0.2) is 9.97 Å². The fourth-order valence-corrected chi connectivity index (χ4v) is 2.46. The Morgan fingerprint density at radius 1 is 1.38 bits per heavy atom. The molecule has 0 spiro atoms. The van der Waals surface area contributed by atoms with Gasteiger partial charge in [0.25, 0.3) is 0 Å². The fourth-order valence-electron chi connectivity index (χ4n) is 1.25. The average molecular weight is 299 g/mol. The van der Waals surface area contributed by atoms with Gasteiger partial charge in [-0.05, 0) is 38.3 Å². The largest absolute Gasteiger partial charge is 0.372 e. The molecule has 0 radical (unpaired) electrons. The second-order valence-electron chi connectivity index (χ2n) is 3.12. The van der Waals surface area contributed by atoms with Crippen LogP contribution >= 0.6 is 27.3 Å². The van der Waals surface area contributed by atoms with Crippen LogP contribution in [0.15, 0.2) is 27.6 Å². The van der Waals surface area contributed by atoms with Crippen molar-refractivity contribution in [2.75, 3.05) is 17.7 Å². The van der Waals surface area contributed by atoms with E-state index in [2.05, 4.69) is 53.4 Å². The van der Waals surface area contributed by atoms with Crippen LogP contribution in [0, 0.1) is 0 Å². The lowest BCUT2D eigenvalue weighted by Gasteiger charge is -2.08. The van der Waals surface area contributed by atoms with Gasteiger partial charge in [0, 0.05) is 13.6 Å². The first kappa shape index (κ1) is 11.3. The number of anilines is 2. The van der Waals surface area contributed by atoms with E-state index in [1.165, 1.54) is 11.9 Å². The lowest BCUT2D eigenvalue weighted by Crippen LogP contribution is -2.04. The lowest BCUT2D eigenvalue weighted by atomic mass is 10.3. The van der Waals surface area contributed by atoms with Crippen LogP contribution in [0.3, 0.4) is 0 Å². The molecule has 0 unspecified atom stereocenters. The molecule has 0 amide bonds. The van der Waals surface area contributed by atoms with Gasteiger partial charge in [0.2, 0.25) is 0 Å². The highest BCUT2D eigenvalue weighted by Crippen LogP contribution is 2.26. The van der Waals surface area contributed by atoms with Crippen LogP contribution in [0.1, 0.15) is 5.56 Å². The molecule has 0 saturated heterocycles. The third-order valence-electron chi connectivity index (χ3n) is 2.07. The molecule has 0 aliphatic heterocycles. The predicted octanol–water partition coefficient (Wildman–Crippen LogP) is 2.95. The standard InChI is InChI=1S/C10H11BrN4S/c1-12-9-8(11)10(15-6-14-9)13-4-7-2-3-16-5-7/h2-3,5-6H,4H2,1H3,(H2,12,13,14,15). The Morgan fingerprint density at radius 2 is 2.19 bits per heavy atom. The van der Waals surface area contributed by atoms with Crippen molar-refractivity contribution in [2.24, 2.45) is 0 Å². The number of rotatable bonds is 4. The molecule has 16 heavy (non-hydrogen) atoms. The summed E-state index contributed by atoms with van der Waals surface area (Å²) >= 11 is 5.15. The topological polar surface area (TPSA) is 49.8 Å². The summed E-state index contributed by atoms with van der Waals surface area (Å²) < 4.78 is 0.854. The molecule has 0 aliphatic carbocycles. The molecule has 0 atom stereocenters. The summed E-state index contributed by atoms with van der Waals surface area (Å²) in [4.78, 5) is 8.28. The molecule has 4 nitrogen and oxygen atoms in total. The maximum atomic E-state index is 4.18. The van der Waals surface area contributed by atoms with Crippen molar-refractivity contribution < 1.29 is 0 Å². The third kappa shape index (κ3) is 2.51. The van der Waals surface area contributed by atoms with Crippen LogP contribution in [0.25, 0.3) is 0 Å². The first-order chi connectivity index (χ1) is 7.81. The van der Waals surface area contributed by atoms with E-state index in [-0.39, 0.29) is 0 Å². The fraction of sp³-hybridized carbons (Fsp3) is 0.200. The Bertz CT molecular complexity index is 458. The Kier molecular flexibility index (Phi) is 3.74. The molecule has 0 aromatic carbocycles. The van der Waals surface area contributed by atoms with Gasteiger partial charge in [-0.3, -0.25) is 0 Å². The van der Waals surface area contributed by atoms with Crippen molar-refractivity contribution in [3.63, 3.8) is 0 Å². The van der Waals surface area contributed by atoms with Gasteiger partial charge >= 0.3 is 0 Å². The van der Waals surface area contributed by atoms with Crippen molar-refractivity contribution in [3.05, 3.63) is 33.2 Å². The Labute approximate surface area is 106 Å². The summed E-state index contributed by atoms with van der Waals surface area (Å²) in [5.74, 6) is 1.58. The zero-order chi connectivity index (χ0) is 11.4. The van der Waals surface area contributed by atoms with Crippen molar-refractivity contribution in [2.45, 2.75) is 6.54 Å². The summed E-state index contributed by atoms with van der Waals surface area (Å²) in [6, 6.07) is 2.09. The summed E-state index contributed by atoms with van der Waals surface area (Å²) in [6.07, 6.45) is 1.53. The van der Waals surface area contributed by atoms with Crippen LogP contribution in [0.2, 0.25) is 0 Å². The highest BCUT2D eigenvalue weighted by atomic mass is 79.9. The third-order valence-corrected chi connectivity index (χ3v) is 3.55. The number of aromatic nitrogens is 2. The van der Waals surface area contributed by atoms with Crippen LogP contribution in [0.5, 0.6) is 0 Å². The van der Waals surface area contributed by atoms with Gasteiger partial charge in [-0.2, -0.15) is 11.3 Å². The number of thiophene rings is 1. The van der Waals surface area contributed by atoms with Crippen molar-refractivity contribution in [3.8, 4) is 0 Å². The molecular weight excluding hydrogens is 288 g/mol.